The van der Waals surface area contributed by atoms with Crippen LogP contribution in [0.25, 0.3) is 10.8 Å². The van der Waals surface area contributed by atoms with Gasteiger partial charge < -0.3 is 4.48 Å². The molecule has 2 rings (SSSR count). The molecule has 0 aliphatic rings. The molecule has 132 valence electrons. The summed E-state index contributed by atoms with van der Waals surface area (Å²) >= 11 is 0. The van der Waals surface area contributed by atoms with Crippen molar-refractivity contribution in [2.45, 2.75) is 65.8 Å². The average Bonchev–Trinajstić information content (AvgIpc) is 2.63. The Bertz CT molecular complexity index is 575. The maximum atomic E-state index is 2.36. The molecule has 0 amide bonds. The molecular formula is C23H36N+. The number of unbranched alkanes of at least 4 members (excludes halogenated alkanes) is 3. The Morgan fingerprint density at radius 1 is 0.667 bits per heavy atom. The van der Waals surface area contributed by atoms with Crippen molar-refractivity contribution < 1.29 is 4.48 Å². The molecule has 0 spiro atoms. The van der Waals surface area contributed by atoms with Crippen LogP contribution in [0.4, 0.5) is 0 Å². The second-order valence-corrected chi connectivity index (χ2v) is 7.37. The summed E-state index contributed by atoms with van der Waals surface area (Å²) in [6.45, 7) is 12.2. The van der Waals surface area contributed by atoms with Gasteiger partial charge in [-0.2, -0.15) is 0 Å². The van der Waals surface area contributed by atoms with Crippen molar-refractivity contribution in [2.24, 2.45) is 0 Å². The van der Waals surface area contributed by atoms with Crippen molar-refractivity contribution in [3.05, 3.63) is 48.0 Å². The normalized spacial score (nSPS) is 12.0. The molecule has 0 atom stereocenters. The van der Waals surface area contributed by atoms with Crippen molar-refractivity contribution in [3.63, 3.8) is 0 Å². The zero-order valence-electron chi connectivity index (χ0n) is 16.1. The first-order valence-electron chi connectivity index (χ1n) is 10.1. The third-order valence-corrected chi connectivity index (χ3v) is 5.34. The summed E-state index contributed by atoms with van der Waals surface area (Å²) in [5.74, 6) is 0. The van der Waals surface area contributed by atoms with Gasteiger partial charge in [-0.3, -0.25) is 0 Å². The highest BCUT2D eigenvalue weighted by Gasteiger charge is 2.26. The van der Waals surface area contributed by atoms with E-state index in [2.05, 4.69) is 63.2 Å². The van der Waals surface area contributed by atoms with Crippen molar-refractivity contribution in [2.75, 3.05) is 19.6 Å². The monoisotopic (exact) mass is 326 g/mol. The highest BCUT2D eigenvalue weighted by molar-refractivity contribution is 5.85. The van der Waals surface area contributed by atoms with Crippen LogP contribution in [0, 0.1) is 0 Å². The van der Waals surface area contributed by atoms with Crippen LogP contribution < -0.4 is 0 Å². The van der Waals surface area contributed by atoms with Gasteiger partial charge in [0.05, 0.1) is 19.6 Å². The SMILES string of the molecule is CCCC[N+](CCCC)(CCCC)Cc1cccc2ccccc12. The van der Waals surface area contributed by atoms with Gasteiger partial charge in [0, 0.05) is 5.56 Å². The van der Waals surface area contributed by atoms with Crippen molar-refractivity contribution in [3.8, 4) is 0 Å². The van der Waals surface area contributed by atoms with E-state index in [-0.39, 0.29) is 0 Å². The van der Waals surface area contributed by atoms with Crippen molar-refractivity contribution in [1.82, 2.24) is 0 Å². The van der Waals surface area contributed by atoms with Crippen LogP contribution in [-0.2, 0) is 6.54 Å². The minimum Gasteiger partial charge on any atom is -0.320 e. The van der Waals surface area contributed by atoms with Crippen LogP contribution in [0.2, 0.25) is 0 Å². The van der Waals surface area contributed by atoms with Gasteiger partial charge in [-0.1, -0.05) is 82.5 Å². The molecule has 2 aromatic rings. The van der Waals surface area contributed by atoms with E-state index >= 15 is 0 Å². The predicted molar refractivity (Wildman–Crippen MR) is 107 cm³/mol. The second-order valence-electron chi connectivity index (χ2n) is 7.37. The number of fused-ring (bicyclic) bond motifs is 1. The molecule has 0 heterocycles. The van der Waals surface area contributed by atoms with Gasteiger partial charge in [-0.05, 0) is 30.0 Å². The van der Waals surface area contributed by atoms with E-state index in [9.17, 15) is 0 Å². The molecule has 2 aromatic carbocycles. The lowest BCUT2D eigenvalue weighted by Crippen LogP contribution is -2.49. The third-order valence-electron chi connectivity index (χ3n) is 5.34. The quantitative estimate of drug-likeness (QED) is 0.410. The van der Waals surface area contributed by atoms with E-state index < -0.39 is 0 Å². The molecule has 1 heteroatoms. The molecule has 0 bridgehead atoms. The maximum absolute atomic E-state index is 2.36. The van der Waals surface area contributed by atoms with E-state index in [0.717, 1.165) is 0 Å². The van der Waals surface area contributed by atoms with Gasteiger partial charge in [-0.25, -0.2) is 0 Å². The first-order valence-corrected chi connectivity index (χ1v) is 10.1. The summed E-state index contributed by atoms with van der Waals surface area (Å²) in [5, 5.41) is 2.83. The summed E-state index contributed by atoms with van der Waals surface area (Å²) in [6.07, 6.45) is 7.93. The van der Waals surface area contributed by atoms with E-state index in [1.807, 2.05) is 0 Å². The Labute approximate surface area is 149 Å². The lowest BCUT2D eigenvalue weighted by atomic mass is 10.0. The zero-order chi connectivity index (χ0) is 17.3. The number of hydrogen-bond donors (Lipinski definition) is 0. The molecule has 0 aromatic heterocycles. The van der Waals surface area contributed by atoms with Crippen LogP contribution in [0.3, 0.4) is 0 Å². The number of quaternary nitrogens is 1. The van der Waals surface area contributed by atoms with Crippen molar-refractivity contribution in [1.29, 1.82) is 0 Å². The minimum atomic E-state index is 1.20. The van der Waals surface area contributed by atoms with Crippen molar-refractivity contribution >= 4 is 10.8 Å². The van der Waals surface area contributed by atoms with Crippen LogP contribution >= 0.6 is 0 Å². The smallest absolute Gasteiger partial charge is 0.105 e. The fraction of sp³-hybridized carbons (Fsp3) is 0.565. The lowest BCUT2D eigenvalue weighted by molar-refractivity contribution is -0.941. The summed E-state index contributed by atoms with van der Waals surface area (Å²) in [7, 11) is 0. The van der Waals surface area contributed by atoms with Crippen LogP contribution in [0.15, 0.2) is 42.5 Å². The topological polar surface area (TPSA) is 0 Å². The standard InChI is InChI=1S/C23H36N/c1-4-7-17-24(18-8-5-2,19-9-6-3)20-22-15-12-14-21-13-10-11-16-23(21)22/h10-16H,4-9,17-20H2,1-3H3/q+1. The van der Waals surface area contributed by atoms with Crippen LogP contribution in [0.5, 0.6) is 0 Å². The Balaban J connectivity index is 2.32. The van der Waals surface area contributed by atoms with E-state index in [1.54, 1.807) is 0 Å². The largest absolute Gasteiger partial charge is 0.320 e. The summed E-state index contributed by atoms with van der Waals surface area (Å²) < 4.78 is 1.28. The number of nitrogens with zero attached hydrogens (tertiary/aromatic N) is 1. The van der Waals surface area contributed by atoms with E-state index in [4.69, 9.17) is 0 Å². The average molecular weight is 327 g/mol. The number of hydrogen-bond acceptors (Lipinski definition) is 0. The first kappa shape index (κ1) is 19.0. The molecule has 1 nitrogen and oxygen atoms in total. The highest BCUT2D eigenvalue weighted by Crippen LogP contribution is 2.25. The Morgan fingerprint density at radius 3 is 1.79 bits per heavy atom. The fourth-order valence-electron chi connectivity index (χ4n) is 3.84. The Hall–Kier alpha value is -1.34. The molecule has 0 saturated heterocycles. The molecule has 0 aliphatic carbocycles. The first-order chi connectivity index (χ1) is 11.7. The van der Waals surface area contributed by atoms with Crippen LogP contribution in [-0.4, -0.2) is 24.1 Å². The molecule has 0 aliphatic heterocycles. The second kappa shape index (κ2) is 9.84. The van der Waals surface area contributed by atoms with E-state index in [0.29, 0.717) is 0 Å². The molecule has 0 unspecified atom stereocenters. The van der Waals surface area contributed by atoms with Gasteiger partial charge in [0.1, 0.15) is 6.54 Å². The Morgan fingerprint density at radius 2 is 1.21 bits per heavy atom. The highest BCUT2D eigenvalue weighted by atomic mass is 15.3. The molecular weight excluding hydrogens is 290 g/mol. The number of rotatable bonds is 11. The summed E-state index contributed by atoms with van der Waals surface area (Å²) in [4.78, 5) is 0. The Kier molecular flexibility index (Phi) is 7.78. The fourth-order valence-corrected chi connectivity index (χ4v) is 3.84. The molecule has 0 radical (unpaired) electrons. The maximum Gasteiger partial charge on any atom is 0.105 e. The van der Waals surface area contributed by atoms with Gasteiger partial charge in [-0.15, -0.1) is 0 Å². The molecule has 0 saturated carbocycles. The van der Waals surface area contributed by atoms with Gasteiger partial charge in [0.15, 0.2) is 0 Å². The van der Waals surface area contributed by atoms with Gasteiger partial charge in [0.25, 0.3) is 0 Å². The van der Waals surface area contributed by atoms with Crippen LogP contribution in [0.1, 0.15) is 64.9 Å². The molecule has 0 fully saturated rings. The molecule has 24 heavy (non-hydrogen) atoms. The van der Waals surface area contributed by atoms with E-state index in [1.165, 1.54) is 85.5 Å². The van der Waals surface area contributed by atoms with Gasteiger partial charge in [0.2, 0.25) is 0 Å². The minimum absolute atomic E-state index is 1.20. The third kappa shape index (κ3) is 5.08. The lowest BCUT2D eigenvalue weighted by Gasteiger charge is -2.39. The number of benzene rings is 2. The summed E-state index contributed by atoms with van der Waals surface area (Å²) in [6, 6.07) is 15.7. The van der Waals surface area contributed by atoms with Gasteiger partial charge >= 0.3 is 0 Å². The summed E-state index contributed by atoms with van der Waals surface area (Å²) in [5.41, 5.74) is 1.54. The predicted octanol–water partition coefficient (Wildman–Crippen LogP) is 6.56. The zero-order valence-corrected chi connectivity index (χ0v) is 16.1. The molecule has 0 N–H and O–H groups in total.